The van der Waals surface area contributed by atoms with Gasteiger partial charge in [0.25, 0.3) is 5.89 Å². The Kier molecular flexibility index (Phi) is 4.47. The first-order valence-corrected chi connectivity index (χ1v) is 7.77. The second-order valence-corrected chi connectivity index (χ2v) is 5.72. The van der Waals surface area contributed by atoms with E-state index in [-0.39, 0.29) is 6.61 Å². The van der Waals surface area contributed by atoms with Gasteiger partial charge in [0.1, 0.15) is 16.9 Å². The fraction of sp³-hybridized carbons (Fsp3) is 0.471. The van der Waals surface area contributed by atoms with E-state index in [0.717, 1.165) is 37.9 Å². The predicted octanol–water partition coefficient (Wildman–Crippen LogP) is 3.38. The third-order valence-corrected chi connectivity index (χ3v) is 4.22. The number of methoxy groups -OCH3 is 1. The summed E-state index contributed by atoms with van der Waals surface area (Å²) in [5.41, 5.74) is -0.621. The molecule has 0 atom stereocenters. The van der Waals surface area contributed by atoms with E-state index in [1.165, 1.54) is 0 Å². The minimum atomic E-state index is -0.621. The smallest absolute Gasteiger partial charge is 0.253 e. The predicted molar refractivity (Wildman–Crippen MR) is 82.0 cm³/mol. The summed E-state index contributed by atoms with van der Waals surface area (Å²) in [5, 5.41) is 17.6. The number of nitrogens with zero attached hydrogens (tertiary/aromatic N) is 3. The third-order valence-electron chi connectivity index (χ3n) is 4.22. The van der Waals surface area contributed by atoms with Crippen molar-refractivity contribution >= 4 is 0 Å². The SMILES string of the molecule is COc1ccc(OCc2nnc(C3(C#N)CCCCC3)o2)cc1. The summed E-state index contributed by atoms with van der Waals surface area (Å²) in [5.74, 6) is 2.27. The fourth-order valence-corrected chi connectivity index (χ4v) is 2.85. The molecule has 0 amide bonds. The Balaban J connectivity index is 1.66. The molecule has 23 heavy (non-hydrogen) atoms. The molecule has 0 radical (unpaired) electrons. The zero-order valence-corrected chi connectivity index (χ0v) is 13.1. The molecule has 0 spiro atoms. The van der Waals surface area contributed by atoms with Crippen LogP contribution in [0.2, 0.25) is 0 Å². The van der Waals surface area contributed by atoms with Crippen LogP contribution in [0.4, 0.5) is 0 Å². The first kappa shape index (κ1) is 15.3. The molecule has 1 aromatic carbocycles. The van der Waals surface area contributed by atoms with Gasteiger partial charge in [-0.05, 0) is 37.1 Å². The molecular formula is C17H19N3O3. The van der Waals surface area contributed by atoms with E-state index >= 15 is 0 Å². The number of nitriles is 1. The highest BCUT2D eigenvalue weighted by Gasteiger charge is 2.39. The molecule has 0 aliphatic heterocycles. The number of rotatable bonds is 5. The van der Waals surface area contributed by atoms with Crippen molar-refractivity contribution in [2.75, 3.05) is 7.11 Å². The van der Waals surface area contributed by atoms with E-state index in [4.69, 9.17) is 13.9 Å². The van der Waals surface area contributed by atoms with Gasteiger partial charge in [0, 0.05) is 0 Å². The standard InChI is InChI=1S/C17H19N3O3/c1-21-13-5-7-14(8-6-13)22-11-15-19-20-16(23-15)17(12-18)9-3-2-4-10-17/h5-8H,2-4,9-11H2,1H3. The van der Waals surface area contributed by atoms with Crippen molar-refractivity contribution in [3.8, 4) is 17.6 Å². The van der Waals surface area contributed by atoms with Crippen molar-refractivity contribution in [2.45, 2.75) is 44.1 Å². The topological polar surface area (TPSA) is 81.2 Å². The van der Waals surface area contributed by atoms with E-state index < -0.39 is 5.41 Å². The molecular weight excluding hydrogens is 294 g/mol. The summed E-state index contributed by atoms with van der Waals surface area (Å²) in [6.45, 7) is 0.181. The van der Waals surface area contributed by atoms with Gasteiger partial charge in [0.15, 0.2) is 6.61 Å². The molecule has 1 fully saturated rings. The van der Waals surface area contributed by atoms with E-state index in [1.807, 2.05) is 24.3 Å². The van der Waals surface area contributed by atoms with Gasteiger partial charge in [-0.2, -0.15) is 5.26 Å². The zero-order valence-electron chi connectivity index (χ0n) is 13.1. The summed E-state index contributed by atoms with van der Waals surface area (Å²) in [7, 11) is 1.62. The lowest BCUT2D eigenvalue weighted by Crippen LogP contribution is -2.27. The van der Waals surface area contributed by atoms with Gasteiger partial charge in [0.2, 0.25) is 5.89 Å². The Morgan fingerprint density at radius 2 is 1.83 bits per heavy atom. The molecule has 1 heterocycles. The molecule has 0 N–H and O–H groups in total. The summed E-state index contributed by atoms with van der Waals surface area (Å²) < 4.78 is 16.4. The Hall–Kier alpha value is -2.55. The van der Waals surface area contributed by atoms with Crippen LogP contribution in [0.25, 0.3) is 0 Å². The van der Waals surface area contributed by atoms with Gasteiger partial charge >= 0.3 is 0 Å². The molecule has 1 aromatic heterocycles. The van der Waals surface area contributed by atoms with Crippen LogP contribution in [0, 0.1) is 11.3 Å². The maximum absolute atomic E-state index is 9.54. The van der Waals surface area contributed by atoms with Crippen molar-refractivity contribution in [2.24, 2.45) is 0 Å². The van der Waals surface area contributed by atoms with Crippen LogP contribution in [0.15, 0.2) is 28.7 Å². The maximum Gasteiger partial charge on any atom is 0.253 e. The van der Waals surface area contributed by atoms with Crippen LogP contribution < -0.4 is 9.47 Å². The fourth-order valence-electron chi connectivity index (χ4n) is 2.85. The first-order valence-electron chi connectivity index (χ1n) is 7.77. The molecule has 120 valence electrons. The van der Waals surface area contributed by atoms with Gasteiger partial charge in [-0.1, -0.05) is 19.3 Å². The molecule has 6 nitrogen and oxygen atoms in total. The Morgan fingerprint density at radius 1 is 1.13 bits per heavy atom. The van der Waals surface area contributed by atoms with Crippen molar-refractivity contribution in [3.05, 3.63) is 36.0 Å². The van der Waals surface area contributed by atoms with Crippen LogP contribution in [0.1, 0.15) is 43.9 Å². The number of hydrogen-bond acceptors (Lipinski definition) is 6. The Labute approximate surface area is 135 Å². The van der Waals surface area contributed by atoms with Gasteiger partial charge in [-0.25, -0.2) is 0 Å². The van der Waals surface area contributed by atoms with Gasteiger partial charge in [-0.15, -0.1) is 10.2 Å². The highest BCUT2D eigenvalue weighted by molar-refractivity contribution is 5.31. The minimum Gasteiger partial charge on any atom is -0.497 e. The number of benzene rings is 1. The van der Waals surface area contributed by atoms with Crippen molar-refractivity contribution in [1.82, 2.24) is 10.2 Å². The molecule has 6 heteroatoms. The summed E-state index contributed by atoms with van der Waals surface area (Å²) in [6, 6.07) is 9.65. The summed E-state index contributed by atoms with van der Waals surface area (Å²) in [4.78, 5) is 0. The van der Waals surface area contributed by atoms with E-state index in [1.54, 1.807) is 7.11 Å². The van der Waals surface area contributed by atoms with Crippen molar-refractivity contribution in [1.29, 1.82) is 5.26 Å². The van der Waals surface area contributed by atoms with Crippen LogP contribution >= 0.6 is 0 Å². The maximum atomic E-state index is 9.54. The molecule has 1 saturated carbocycles. The second kappa shape index (κ2) is 6.69. The van der Waals surface area contributed by atoms with Crippen LogP contribution in [-0.2, 0) is 12.0 Å². The summed E-state index contributed by atoms with van der Waals surface area (Å²) >= 11 is 0. The molecule has 0 unspecified atom stereocenters. The normalized spacial score (nSPS) is 16.5. The number of ether oxygens (including phenoxy) is 2. The average Bonchev–Trinajstić information content (AvgIpc) is 3.10. The molecule has 0 saturated heterocycles. The quantitative estimate of drug-likeness (QED) is 0.841. The highest BCUT2D eigenvalue weighted by Crippen LogP contribution is 2.38. The molecule has 1 aliphatic carbocycles. The first-order chi connectivity index (χ1) is 11.3. The molecule has 2 aromatic rings. The van der Waals surface area contributed by atoms with E-state index in [9.17, 15) is 5.26 Å². The Bertz CT molecular complexity index is 682. The largest absolute Gasteiger partial charge is 0.497 e. The van der Waals surface area contributed by atoms with Gasteiger partial charge in [0.05, 0.1) is 13.2 Å². The van der Waals surface area contributed by atoms with Crippen LogP contribution in [-0.4, -0.2) is 17.3 Å². The monoisotopic (exact) mass is 313 g/mol. The van der Waals surface area contributed by atoms with Crippen molar-refractivity contribution in [3.63, 3.8) is 0 Å². The molecule has 0 bridgehead atoms. The van der Waals surface area contributed by atoms with Gasteiger partial charge < -0.3 is 13.9 Å². The van der Waals surface area contributed by atoms with Gasteiger partial charge in [-0.3, -0.25) is 0 Å². The number of hydrogen-bond donors (Lipinski definition) is 0. The lowest BCUT2D eigenvalue weighted by atomic mass is 9.75. The average molecular weight is 313 g/mol. The van der Waals surface area contributed by atoms with Crippen LogP contribution in [0.5, 0.6) is 11.5 Å². The van der Waals surface area contributed by atoms with Crippen molar-refractivity contribution < 1.29 is 13.9 Å². The second-order valence-electron chi connectivity index (χ2n) is 5.72. The lowest BCUT2D eigenvalue weighted by molar-refractivity contribution is 0.239. The lowest BCUT2D eigenvalue weighted by Gasteiger charge is -2.26. The van der Waals surface area contributed by atoms with E-state index in [2.05, 4.69) is 16.3 Å². The molecule has 1 aliphatic rings. The van der Waals surface area contributed by atoms with Crippen LogP contribution in [0.3, 0.4) is 0 Å². The minimum absolute atomic E-state index is 0.181. The third kappa shape index (κ3) is 3.29. The number of aromatic nitrogens is 2. The zero-order chi connectivity index (χ0) is 16.1. The highest BCUT2D eigenvalue weighted by atomic mass is 16.5. The summed E-state index contributed by atoms with van der Waals surface area (Å²) in [6.07, 6.45) is 4.77. The Morgan fingerprint density at radius 3 is 2.48 bits per heavy atom. The van der Waals surface area contributed by atoms with E-state index in [0.29, 0.717) is 17.5 Å². The molecule has 3 rings (SSSR count).